The van der Waals surface area contributed by atoms with Gasteiger partial charge in [-0.15, -0.1) is 0 Å². The third-order valence-corrected chi connectivity index (χ3v) is 4.11. The van der Waals surface area contributed by atoms with Crippen molar-refractivity contribution in [2.45, 2.75) is 9.92 Å². The van der Waals surface area contributed by atoms with Crippen molar-refractivity contribution in [3.8, 4) is 5.75 Å². The molecule has 0 unspecified atom stereocenters. The minimum Gasteiger partial charge on any atom is -0.497 e. The third kappa shape index (κ3) is 3.37. The van der Waals surface area contributed by atoms with E-state index in [-0.39, 0.29) is 0 Å². The minimum atomic E-state index is 0.617. The van der Waals surface area contributed by atoms with Crippen LogP contribution in [0.5, 0.6) is 5.75 Å². The van der Waals surface area contributed by atoms with E-state index in [1.807, 2.05) is 30.3 Å². The summed E-state index contributed by atoms with van der Waals surface area (Å²) >= 11 is 10.8. The lowest BCUT2D eigenvalue weighted by molar-refractivity contribution is 0.413. The molecule has 0 saturated carbocycles. The molecule has 1 aromatic carbocycles. The molecule has 0 N–H and O–H groups in total. The Morgan fingerprint density at radius 2 is 2.18 bits per heavy atom. The first-order valence-corrected chi connectivity index (χ1v) is 6.81. The molecule has 17 heavy (non-hydrogen) atoms. The average Bonchev–Trinajstić information content (AvgIpc) is 2.33. The first kappa shape index (κ1) is 12.7. The highest BCUT2D eigenvalue weighted by molar-refractivity contribution is 9.10. The fraction of sp³-hybridized carbons (Fsp3) is 0.0833. The Morgan fingerprint density at radius 3 is 2.88 bits per heavy atom. The van der Waals surface area contributed by atoms with Gasteiger partial charge in [-0.25, -0.2) is 4.98 Å². The summed E-state index contributed by atoms with van der Waals surface area (Å²) in [7, 11) is 1.65. The van der Waals surface area contributed by atoms with Crippen molar-refractivity contribution in [2.75, 3.05) is 7.11 Å². The van der Waals surface area contributed by atoms with Crippen molar-refractivity contribution in [1.82, 2.24) is 4.98 Å². The SMILES string of the molecule is COc1cccc(Sc2ncc(Cl)cc2Br)c1. The lowest BCUT2D eigenvalue weighted by Gasteiger charge is -2.05. The van der Waals surface area contributed by atoms with Crippen LogP contribution < -0.4 is 4.74 Å². The fourth-order valence-electron chi connectivity index (χ4n) is 1.25. The Morgan fingerprint density at radius 1 is 1.35 bits per heavy atom. The summed E-state index contributed by atoms with van der Waals surface area (Å²) in [5.41, 5.74) is 0. The summed E-state index contributed by atoms with van der Waals surface area (Å²) in [4.78, 5) is 5.34. The Bertz CT molecular complexity index is 536. The molecule has 0 aliphatic heterocycles. The smallest absolute Gasteiger partial charge is 0.119 e. The summed E-state index contributed by atoms with van der Waals surface area (Å²) in [6.45, 7) is 0. The summed E-state index contributed by atoms with van der Waals surface area (Å²) in [6.07, 6.45) is 1.63. The van der Waals surface area contributed by atoms with Gasteiger partial charge >= 0.3 is 0 Å². The van der Waals surface area contributed by atoms with Crippen LogP contribution in [0.25, 0.3) is 0 Å². The molecular formula is C12H9BrClNOS. The second kappa shape index (κ2) is 5.76. The predicted molar refractivity (Wildman–Crippen MR) is 74.1 cm³/mol. The van der Waals surface area contributed by atoms with E-state index in [4.69, 9.17) is 16.3 Å². The van der Waals surface area contributed by atoms with Crippen LogP contribution in [-0.4, -0.2) is 12.1 Å². The molecule has 0 saturated heterocycles. The number of nitrogens with zero attached hydrogens (tertiary/aromatic N) is 1. The van der Waals surface area contributed by atoms with Gasteiger partial charge in [0, 0.05) is 11.1 Å². The predicted octanol–water partition coefficient (Wildman–Crippen LogP) is 4.66. The first-order chi connectivity index (χ1) is 8.19. The van der Waals surface area contributed by atoms with E-state index >= 15 is 0 Å². The molecule has 0 atom stereocenters. The molecule has 0 spiro atoms. The van der Waals surface area contributed by atoms with Gasteiger partial charge in [-0.3, -0.25) is 0 Å². The molecule has 0 fully saturated rings. The van der Waals surface area contributed by atoms with Crippen molar-refractivity contribution in [1.29, 1.82) is 0 Å². The molecule has 88 valence electrons. The normalized spacial score (nSPS) is 10.3. The van der Waals surface area contributed by atoms with Crippen molar-refractivity contribution in [2.24, 2.45) is 0 Å². The summed E-state index contributed by atoms with van der Waals surface area (Å²) < 4.78 is 6.06. The van der Waals surface area contributed by atoms with E-state index in [9.17, 15) is 0 Å². The average molecular weight is 331 g/mol. The van der Waals surface area contributed by atoms with E-state index in [1.165, 1.54) is 0 Å². The Hall–Kier alpha value is -0.710. The molecule has 0 radical (unpaired) electrons. The molecule has 2 aromatic rings. The largest absolute Gasteiger partial charge is 0.497 e. The number of hydrogen-bond donors (Lipinski definition) is 0. The number of methoxy groups -OCH3 is 1. The zero-order valence-corrected chi connectivity index (χ0v) is 12.1. The minimum absolute atomic E-state index is 0.617. The first-order valence-electron chi connectivity index (χ1n) is 4.82. The molecule has 2 nitrogen and oxygen atoms in total. The molecule has 2 rings (SSSR count). The van der Waals surface area contributed by atoms with Gasteiger partial charge in [0.25, 0.3) is 0 Å². The molecular weight excluding hydrogens is 322 g/mol. The zero-order valence-electron chi connectivity index (χ0n) is 8.98. The maximum Gasteiger partial charge on any atom is 0.119 e. The summed E-state index contributed by atoms with van der Waals surface area (Å²) in [5, 5.41) is 1.49. The van der Waals surface area contributed by atoms with Crippen LogP contribution in [0, 0.1) is 0 Å². The van der Waals surface area contributed by atoms with Crippen LogP contribution in [0.1, 0.15) is 0 Å². The molecule has 0 bridgehead atoms. The van der Waals surface area contributed by atoms with Crippen LogP contribution in [0.2, 0.25) is 5.02 Å². The third-order valence-electron chi connectivity index (χ3n) is 2.03. The Labute approximate surface area is 117 Å². The summed E-state index contributed by atoms with van der Waals surface area (Å²) in [5.74, 6) is 0.833. The van der Waals surface area contributed by atoms with E-state index in [0.29, 0.717) is 5.02 Å². The van der Waals surface area contributed by atoms with Crippen LogP contribution >= 0.6 is 39.3 Å². The lowest BCUT2D eigenvalue weighted by Crippen LogP contribution is -1.84. The van der Waals surface area contributed by atoms with Gasteiger partial charge in [-0.1, -0.05) is 29.4 Å². The van der Waals surface area contributed by atoms with Crippen molar-refractivity contribution < 1.29 is 4.74 Å². The van der Waals surface area contributed by atoms with Gasteiger partial charge in [0.05, 0.1) is 16.6 Å². The van der Waals surface area contributed by atoms with Crippen molar-refractivity contribution in [3.63, 3.8) is 0 Å². The fourth-order valence-corrected chi connectivity index (χ4v) is 2.94. The number of halogens is 2. The molecule has 1 aromatic heterocycles. The number of aromatic nitrogens is 1. The second-order valence-corrected chi connectivity index (χ2v) is 5.57. The number of rotatable bonds is 3. The number of hydrogen-bond acceptors (Lipinski definition) is 3. The second-order valence-electron chi connectivity index (χ2n) is 3.22. The Kier molecular flexibility index (Phi) is 4.31. The number of benzene rings is 1. The van der Waals surface area contributed by atoms with Crippen LogP contribution in [0.3, 0.4) is 0 Å². The van der Waals surface area contributed by atoms with E-state index in [1.54, 1.807) is 25.1 Å². The van der Waals surface area contributed by atoms with E-state index in [2.05, 4.69) is 20.9 Å². The van der Waals surface area contributed by atoms with Crippen LogP contribution in [0.4, 0.5) is 0 Å². The molecule has 0 amide bonds. The van der Waals surface area contributed by atoms with Gasteiger partial charge in [0.2, 0.25) is 0 Å². The van der Waals surface area contributed by atoms with Gasteiger partial charge in [0.1, 0.15) is 10.8 Å². The maximum absolute atomic E-state index is 5.85. The van der Waals surface area contributed by atoms with Gasteiger partial charge in [0.15, 0.2) is 0 Å². The van der Waals surface area contributed by atoms with Gasteiger partial charge < -0.3 is 4.74 Å². The monoisotopic (exact) mass is 329 g/mol. The highest BCUT2D eigenvalue weighted by atomic mass is 79.9. The zero-order chi connectivity index (χ0) is 12.3. The van der Waals surface area contributed by atoms with Crippen LogP contribution in [-0.2, 0) is 0 Å². The summed E-state index contributed by atoms with van der Waals surface area (Å²) in [6, 6.07) is 9.67. The topological polar surface area (TPSA) is 22.1 Å². The molecule has 1 heterocycles. The highest BCUT2D eigenvalue weighted by Crippen LogP contribution is 2.34. The van der Waals surface area contributed by atoms with Crippen molar-refractivity contribution >= 4 is 39.3 Å². The van der Waals surface area contributed by atoms with Gasteiger partial charge in [-0.2, -0.15) is 0 Å². The lowest BCUT2D eigenvalue weighted by atomic mass is 10.3. The number of pyridine rings is 1. The van der Waals surface area contributed by atoms with Gasteiger partial charge in [-0.05, 0) is 40.2 Å². The number of ether oxygens (including phenoxy) is 1. The standard InChI is InChI=1S/C12H9BrClNOS/c1-16-9-3-2-4-10(6-9)17-12-11(13)5-8(14)7-15-12/h2-7H,1H3. The molecule has 0 aliphatic carbocycles. The Balaban J connectivity index is 2.25. The van der Waals surface area contributed by atoms with Crippen LogP contribution in [0.15, 0.2) is 50.9 Å². The van der Waals surface area contributed by atoms with E-state index < -0.39 is 0 Å². The van der Waals surface area contributed by atoms with Crippen molar-refractivity contribution in [3.05, 3.63) is 46.0 Å². The quantitative estimate of drug-likeness (QED) is 0.817. The maximum atomic E-state index is 5.85. The molecule has 5 heteroatoms. The molecule has 0 aliphatic rings. The van der Waals surface area contributed by atoms with E-state index in [0.717, 1.165) is 20.1 Å². The highest BCUT2D eigenvalue weighted by Gasteiger charge is 2.05.